The number of rotatable bonds is 5. The molecule has 0 bridgehead atoms. The minimum Gasteiger partial charge on any atom is -0.493 e. The maximum Gasteiger partial charge on any atom is 0.414 e. The van der Waals surface area contributed by atoms with Gasteiger partial charge in [-0.3, -0.25) is 4.90 Å². The summed E-state index contributed by atoms with van der Waals surface area (Å²) in [4.78, 5) is 17.5. The number of anilines is 1. The van der Waals surface area contributed by atoms with E-state index in [0.29, 0.717) is 17.2 Å². The van der Waals surface area contributed by atoms with Gasteiger partial charge in [0.05, 0.1) is 12.8 Å². The topological polar surface area (TPSA) is 45.3 Å². The molecule has 0 spiro atoms. The van der Waals surface area contributed by atoms with Crippen LogP contribution in [0.15, 0.2) is 42.5 Å². The number of piperazine rings is 1. The van der Waals surface area contributed by atoms with Gasteiger partial charge in [-0.15, -0.1) is 0 Å². The predicted molar refractivity (Wildman–Crippen MR) is 107 cm³/mol. The first-order valence-electron chi connectivity index (χ1n) is 9.26. The molecule has 0 radical (unpaired) electrons. The van der Waals surface area contributed by atoms with Crippen molar-refractivity contribution in [2.75, 3.05) is 52.3 Å². The highest BCUT2D eigenvalue weighted by molar-refractivity contribution is 5.71. The smallest absolute Gasteiger partial charge is 0.414 e. The third kappa shape index (κ3) is 4.72. The van der Waals surface area contributed by atoms with E-state index in [4.69, 9.17) is 9.47 Å². The molecular formula is C21H26FN3O3. The van der Waals surface area contributed by atoms with Gasteiger partial charge in [-0.05, 0) is 29.8 Å². The van der Waals surface area contributed by atoms with Gasteiger partial charge in [-0.2, -0.15) is 0 Å². The number of halogens is 1. The van der Waals surface area contributed by atoms with E-state index in [9.17, 15) is 9.18 Å². The maximum absolute atomic E-state index is 14.0. The Morgan fingerprint density at radius 2 is 1.79 bits per heavy atom. The Hall–Kier alpha value is -2.80. The molecular weight excluding hydrogens is 361 g/mol. The number of amides is 1. The number of carbonyl (C=O) groups excluding carboxylic acids is 1. The summed E-state index contributed by atoms with van der Waals surface area (Å²) in [6, 6.07) is 12.5. The van der Waals surface area contributed by atoms with Crippen LogP contribution < -0.4 is 14.4 Å². The highest BCUT2D eigenvalue weighted by Crippen LogP contribution is 2.29. The molecule has 0 atom stereocenters. The molecule has 1 fully saturated rings. The zero-order valence-electron chi connectivity index (χ0n) is 16.5. The predicted octanol–water partition coefficient (Wildman–Crippen LogP) is 3.22. The van der Waals surface area contributed by atoms with Crippen LogP contribution in [-0.4, -0.2) is 63.3 Å². The Balaban J connectivity index is 1.60. The van der Waals surface area contributed by atoms with E-state index in [0.717, 1.165) is 38.3 Å². The van der Waals surface area contributed by atoms with Crippen molar-refractivity contribution in [1.29, 1.82) is 0 Å². The van der Waals surface area contributed by atoms with Crippen molar-refractivity contribution in [3.05, 3.63) is 53.8 Å². The van der Waals surface area contributed by atoms with Crippen molar-refractivity contribution in [3.63, 3.8) is 0 Å². The number of hydrogen-bond acceptors (Lipinski definition) is 5. The Labute approximate surface area is 165 Å². The van der Waals surface area contributed by atoms with Crippen LogP contribution >= 0.6 is 0 Å². The summed E-state index contributed by atoms with van der Waals surface area (Å²) >= 11 is 0. The standard InChI is InChI=1S/C21H26FN3O3/c1-23(2)21(26)28-19-9-8-16(14-20(19)27-3)15-24-10-12-25(13-11-24)18-7-5-4-6-17(18)22/h4-9,14H,10-13,15H2,1-3H3. The van der Waals surface area contributed by atoms with E-state index >= 15 is 0 Å². The molecule has 2 aromatic carbocycles. The highest BCUT2D eigenvalue weighted by Gasteiger charge is 2.20. The summed E-state index contributed by atoms with van der Waals surface area (Å²) in [7, 11) is 4.81. The van der Waals surface area contributed by atoms with Crippen LogP contribution in [0.3, 0.4) is 0 Å². The summed E-state index contributed by atoms with van der Waals surface area (Å²) in [5.74, 6) is 0.746. The first-order chi connectivity index (χ1) is 13.5. The molecule has 150 valence electrons. The van der Waals surface area contributed by atoms with Crippen LogP contribution in [0.5, 0.6) is 11.5 Å². The molecule has 1 heterocycles. The largest absolute Gasteiger partial charge is 0.493 e. The molecule has 0 aliphatic carbocycles. The lowest BCUT2D eigenvalue weighted by molar-refractivity contribution is 0.170. The summed E-state index contributed by atoms with van der Waals surface area (Å²) in [6.07, 6.45) is -0.449. The van der Waals surface area contributed by atoms with E-state index in [-0.39, 0.29) is 5.82 Å². The zero-order chi connectivity index (χ0) is 20.1. The lowest BCUT2D eigenvalue weighted by atomic mass is 10.1. The average molecular weight is 387 g/mol. The maximum atomic E-state index is 14.0. The fourth-order valence-electron chi connectivity index (χ4n) is 3.19. The van der Waals surface area contributed by atoms with Crippen LogP contribution in [0.4, 0.5) is 14.9 Å². The van der Waals surface area contributed by atoms with Gasteiger partial charge in [-0.1, -0.05) is 18.2 Å². The van der Waals surface area contributed by atoms with Crippen LogP contribution in [0.25, 0.3) is 0 Å². The van der Waals surface area contributed by atoms with Crippen LogP contribution in [0.2, 0.25) is 0 Å². The molecule has 1 saturated heterocycles. The quantitative estimate of drug-likeness (QED) is 0.788. The SMILES string of the molecule is COc1cc(CN2CCN(c3ccccc3F)CC2)ccc1OC(=O)N(C)C. The van der Waals surface area contributed by atoms with Gasteiger partial charge in [0, 0.05) is 46.8 Å². The molecule has 0 saturated carbocycles. The van der Waals surface area contributed by atoms with Crippen molar-refractivity contribution in [1.82, 2.24) is 9.80 Å². The van der Waals surface area contributed by atoms with Crippen molar-refractivity contribution in [2.45, 2.75) is 6.54 Å². The Bertz CT molecular complexity index is 820. The van der Waals surface area contributed by atoms with Gasteiger partial charge in [0.15, 0.2) is 11.5 Å². The molecule has 1 amide bonds. The van der Waals surface area contributed by atoms with E-state index in [2.05, 4.69) is 9.80 Å². The summed E-state index contributed by atoms with van der Waals surface area (Å²) in [5.41, 5.74) is 1.73. The molecule has 7 heteroatoms. The number of para-hydroxylation sites is 1. The van der Waals surface area contributed by atoms with E-state index in [1.165, 1.54) is 11.0 Å². The average Bonchev–Trinajstić information content (AvgIpc) is 2.70. The third-order valence-electron chi connectivity index (χ3n) is 4.76. The van der Waals surface area contributed by atoms with Gasteiger partial charge < -0.3 is 19.3 Å². The second kappa shape index (κ2) is 8.93. The molecule has 28 heavy (non-hydrogen) atoms. The Morgan fingerprint density at radius 1 is 1.07 bits per heavy atom. The number of hydrogen-bond donors (Lipinski definition) is 0. The fourth-order valence-corrected chi connectivity index (χ4v) is 3.19. The molecule has 0 unspecified atom stereocenters. The molecule has 6 nitrogen and oxygen atoms in total. The summed E-state index contributed by atoms with van der Waals surface area (Å²) in [5, 5.41) is 0. The summed E-state index contributed by atoms with van der Waals surface area (Å²) in [6.45, 7) is 3.98. The first kappa shape index (κ1) is 19.9. The monoisotopic (exact) mass is 387 g/mol. The lowest BCUT2D eigenvalue weighted by Gasteiger charge is -2.36. The number of ether oxygens (including phenoxy) is 2. The normalized spacial score (nSPS) is 14.6. The van der Waals surface area contributed by atoms with Crippen LogP contribution in [-0.2, 0) is 6.54 Å². The van der Waals surface area contributed by atoms with Crippen LogP contribution in [0.1, 0.15) is 5.56 Å². The summed E-state index contributed by atoms with van der Waals surface area (Å²) < 4.78 is 24.7. The zero-order valence-corrected chi connectivity index (χ0v) is 16.5. The Morgan fingerprint density at radius 3 is 2.43 bits per heavy atom. The number of carbonyl (C=O) groups is 1. The van der Waals surface area contributed by atoms with Gasteiger partial charge in [0.1, 0.15) is 5.82 Å². The number of benzene rings is 2. The number of methoxy groups -OCH3 is 1. The highest BCUT2D eigenvalue weighted by atomic mass is 19.1. The fraction of sp³-hybridized carbons (Fsp3) is 0.381. The minimum absolute atomic E-state index is 0.177. The van der Waals surface area contributed by atoms with Crippen molar-refractivity contribution >= 4 is 11.8 Å². The van der Waals surface area contributed by atoms with E-state index in [1.54, 1.807) is 33.3 Å². The molecule has 2 aromatic rings. The van der Waals surface area contributed by atoms with Gasteiger partial charge in [-0.25, -0.2) is 9.18 Å². The molecule has 3 rings (SSSR count). The lowest BCUT2D eigenvalue weighted by Crippen LogP contribution is -2.46. The molecule has 1 aliphatic rings. The Kier molecular flexibility index (Phi) is 6.36. The second-order valence-electron chi connectivity index (χ2n) is 6.96. The molecule has 0 N–H and O–H groups in total. The minimum atomic E-state index is -0.449. The van der Waals surface area contributed by atoms with Gasteiger partial charge in [0.2, 0.25) is 0 Å². The van der Waals surface area contributed by atoms with Gasteiger partial charge >= 0.3 is 6.09 Å². The van der Waals surface area contributed by atoms with E-state index < -0.39 is 6.09 Å². The van der Waals surface area contributed by atoms with Crippen LogP contribution in [0, 0.1) is 5.82 Å². The van der Waals surface area contributed by atoms with Crippen molar-refractivity contribution < 1.29 is 18.7 Å². The van der Waals surface area contributed by atoms with E-state index in [1.807, 2.05) is 24.3 Å². The molecule has 0 aromatic heterocycles. The molecule has 1 aliphatic heterocycles. The van der Waals surface area contributed by atoms with Crippen molar-refractivity contribution in [2.24, 2.45) is 0 Å². The van der Waals surface area contributed by atoms with Gasteiger partial charge in [0.25, 0.3) is 0 Å². The first-order valence-corrected chi connectivity index (χ1v) is 9.26. The number of nitrogens with zero attached hydrogens (tertiary/aromatic N) is 3. The van der Waals surface area contributed by atoms with Crippen molar-refractivity contribution in [3.8, 4) is 11.5 Å². The second-order valence-corrected chi connectivity index (χ2v) is 6.96. The third-order valence-corrected chi connectivity index (χ3v) is 4.76.